The van der Waals surface area contributed by atoms with Gasteiger partial charge in [-0.05, 0) is 41.0 Å². The summed E-state index contributed by atoms with van der Waals surface area (Å²) in [6, 6.07) is 0. The van der Waals surface area contributed by atoms with Crippen LogP contribution in [0.15, 0.2) is 62.8 Å². The quantitative estimate of drug-likeness (QED) is 0.444. The lowest BCUT2D eigenvalue weighted by Gasteiger charge is -1.57. The van der Waals surface area contributed by atoms with Crippen LogP contribution in [0, 0.1) is 0 Å². The van der Waals surface area contributed by atoms with E-state index < -0.39 is 0 Å². The third-order valence-corrected chi connectivity index (χ3v) is 0.955. The first-order valence-electron chi connectivity index (χ1n) is 5.99. The van der Waals surface area contributed by atoms with Crippen LogP contribution in [0.25, 0.3) is 0 Å². The first-order chi connectivity index (χ1) is 8.16. The normalized spacial score (nSPS) is 6.94. The molecular formula is C17H34. The predicted octanol–water partition coefficient (Wildman–Crippen LogP) is 6.74. The molecule has 0 aromatic carbocycles. The van der Waals surface area contributed by atoms with Gasteiger partial charge in [0, 0.05) is 0 Å². The van der Waals surface area contributed by atoms with Gasteiger partial charge >= 0.3 is 0 Å². The topological polar surface area (TPSA) is 0 Å². The highest BCUT2D eigenvalue weighted by Crippen LogP contribution is 1.66. The highest BCUT2D eigenvalue weighted by Gasteiger charge is 1.45. The zero-order valence-electron chi connectivity index (χ0n) is 13.0. The van der Waals surface area contributed by atoms with Crippen LogP contribution >= 0.6 is 0 Å². The van der Waals surface area contributed by atoms with Gasteiger partial charge in [0.05, 0.1) is 0 Å². The third kappa shape index (κ3) is 820. The molecule has 0 unspecified atom stereocenters. The van der Waals surface area contributed by atoms with Crippen LogP contribution in [-0.2, 0) is 0 Å². The maximum atomic E-state index is 3.48. The van der Waals surface area contributed by atoms with Gasteiger partial charge in [-0.25, -0.2) is 0 Å². The molecule has 0 N–H and O–H groups in total. The van der Waals surface area contributed by atoms with Crippen LogP contribution in [-0.4, -0.2) is 0 Å². The maximum absolute atomic E-state index is 3.48. The Kier molecular flexibility index (Phi) is 148. The summed E-state index contributed by atoms with van der Waals surface area (Å²) in [4.78, 5) is 0. The van der Waals surface area contributed by atoms with Crippen molar-refractivity contribution in [3.63, 3.8) is 0 Å². The summed E-state index contributed by atoms with van der Waals surface area (Å²) in [6.07, 6.45) is 12.7. The van der Waals surface area contributed by atoms with Crippen molar-refractivity contribution >= 4 is 0 Å². The minimum Gasteiger partial charge on any atom is -0.106 e. The molecule has 0 rings (SSSR count). The number of allylic oxidation sites excluding steroid dienone is 6. The molecule has 17 heavy (non-hydrogen) atoms. The molecule has 0 atom stereocenters. The Bertz CT molecular complexity index is 120. The Morgan fingerprint density at radius 2 is 0.824 bits per heavy atom. The van der Waals surface area contributed by atoms with E-state index in [4.69, 9.17) is 0 Å². The Morgan fingerprint density at radius 3 is 0.824 bits per heavy atom. The lowest BCUT2D eigenvalue weighted by Crippen LogP contribution is -1.36. The molecule has 0 fully saturated rings. The minimum absolute atomic E-state index is 1.08. The van der Waals surface area contributed by atoms with Gasteiger partial charge in [0.25, 0.3) is 0 Å². The minimum atomic E-state index is 1.08. The summed E-state index contributed by atoms with van der Waals surface area (Å²) < 4.78 is 0. The number of hydrogen-bond acceptors (Lipinski definition) is 0. The molecular weight excluding hydrogens is 204 g/mol. The first kappa shape index (κ1) is 29.6. The second kappa shape index (κ2) is 84.9. The van der Waals surface area contributed by atoms with Crippen LogP contribution in [0.3, 0.4) is 0 Å². The second-order valence-electron chi connectivity index (χ2n) is 2.44. The van der Waals surface area contributed by atoms with Crippen molar-refractivity contribution < 1.29 is 0 Å². The van der Waals surface area contributed by atoms with Gasteiger partial charge in [-0.1, -0.05) is 43.4 Å². The summed E-state index contributed by atoms with van der Waals surface area (Å²) in [7, 11) is 0. The molecule has 0 nitrogen and oxygen atoms in total. The van der Waals surface area contributed by atoms with Gasteiger partial charge in [0.1, 0.15) is 0 Å². The molecule has 0 saturated carbocycles. The molecule has 0 heterocycles. The average molecular weight is 238 g/mol. The van der Waals surface area contributed by atoms with Crippen molar-refractivity contribution in [1.82, 2.24) is 0 Å². The van der Waals surface area contributed by atoms with E-state index in [1.807, 2.05) is 65.0 Å². The maximum Gasteiger partial charge on any atom is -0.0382 e. The monoisotopic (exact) mass is 238 g/mol. The van der Waals surface area contributed by atoms with E-state index in [0.717, 1.165) is 6.42 Å². The molecule has 0 aliphatic heterocycles. The van der Waals surface area contributed by atoms with Gasteiger partial charge in [0.15, 0.2) is 0 Å². The van der Waals surface area contributed by atoms with Gasteiger partial charge in [0.2, 0.25) is 0 Å². The summed E-state index contributed by atoms with van der Waals surface area (Å²) >= 11 is 0. The molecule has 0 bridgehead atoms. The van der Waals surface area contributed by atoms with Crippen LogP contribution in [0.1, 0.15) is 48.0 Å². The average Bonchev–Trinajstić information content (AvgIpc) is 2.42. The van der Waals surface area contributed by atoms with E-state index in [9.17, 15) is 0 Å². The smallest absolute Gasteiger partial charge is 0.0382 e. The highest BCUT2D eigenvalue weighted by atomic mass is 13.5. The lowest BCUT2D eigenvalue weighted by atomic mass is 10.5. The zero-order valence-corrected chi connectivity index (χ0v) is 13.0. The van der Waals surface area contributed by atoms with Crippen molar-refractivity contribution in [3.05, 3.63) is 62.8 Å². The summed E-state index contributed by atoms with van der Waals surface area (Å²) in [5.74, 6) is 0. The van der Waals surface area contributed by atoms with E-state index in [2.05, 4.69) is 33.2 Å². The zero-order chi connectivity index (χ0) is 14.9. The van der Waals surface area contributed by atoms with Crippen molar-refractivity contribution in [2.45, 2.75) is 48.0 Å². The molecule has 0 aliphatic carbocycles. The summed E-state index contributed by atoms with van der Waals surface area (Å²) in [6.45, 7) is 24.8. The standard InChI is InChI=1S/3C4H8.C3H6.C2H4/c3*1-3-4-2;1-3-2;1-2/h2*3-4H,1-2H3;3H,1,4H2,2H3;3H,1H2,2H3;1-2H2/b2*4-3+;;;. The van der Waals surface area contributed by atoms with Crippen LogP contribution in [0.5, 0.6) is 0 Å². The largest absolute Gasteiger partial charge is 0.106 e. The van der Waals surface area contributed by atoms with Crippen molar-refractivity contribution in [3.8, 4) is 0 Å². The second-order valence-corrected chi connectivity index (χ2v) is 2.44. The molecule has 0 aliphatic rings. The van der Waals surface area contributed by atoms with Gasteiger partial charge in [-0.2, -0.15) is 0 Å². The van der Waals surface area contributed by atoms with E-state index in [0.29, 0.717) is 0 Å². The Balaban J connectivity index is -0.0000000361. The molecule has 0 saturated heterocycles. The summed E-state index contributed by atoms with van der Waals surface area (Å²) in [5, 5.41) is 0. The third-order valence-electron chi connectivity index (χ3n) is 0.955. The van der Waals surface area contributed by atoms with Crippen molar-refractivity contribution in [2.24, 2.45) is 0 Å². The molecule has 0 radical (unpaired) electrons. The first-order valence-corrected chi connectivity index (χ1v) is 5.99. The van der Waals surface area contributed by atoms with Crippen LogP contribution < -0.4 is 0 Å². The SMILES string of the molecule is C/C=C/C.C/C=C/C.C=C.C=CC.C=CCC. The van der Waals surface area contributed by atoms with Crippen molar-refractivity contribution in [1.29, 1.82) is 0 Å². The fourth-order valence-electron chi connectivity index (χ4n) is 0. The Hall–Kier alpha value is -1.30. The van der Waals surface area contributed by atoms with Crippen molar-refractivity contribution in [2.75, 3.05) is 0 Å². The summed E-state index contributed by atoms with van der Waals surface area (Å²) in [5.41, 5.74) is 0. The fraction of sp³-hybridized carbons (Fsp3) is 0.412. The molecule has 0 spiro atoms. The molecule has 102 valence electrons. The predicted molar refractivity (Wildman–Crippen MR) is 88.6 cm³/mol. The van der Waals surface area contributed by atoms with Crippen LogP contribution in [0.4, 0.5) is 0 Å². The molecule has 0 aromatic heterocycles. The van der Waals surface area contributed by atoms with Gasteiger partial charge in [-0.3, -0.25) is 0 Å². The lowest BCUT2D eigenvalue weighted by molar-refractivity contribution is 1.23. The van der Waals surface area contributed by atoms with E-state index in [1.165, 1.54) is 0 Å². The highest BCUT2D eigenvalue weighted by molar-refractivity contribution is 4.68. The Labute approximate surface area is 111 Å². The fourth-order valence-corrected chi connectivity index (χ4v) is 0. The van der Waals surface area contributed by atoms with Crippen LogP contribution in [0.2, 0.25) is 0 Å². The molecule has 0 amide bonds. The van der Waals surface area contributed by atoms with Gasteiger partial charge in [-0.15, -0.1) is 26.3 Å². The van der Waals surface area contributed by atoms with Gasteiger partial charge < -0.3 is 0 Å². The Morgan fingerprint density at radius 1 is 0.706 bits per heavy atom. The number of hydrogen-bond donors (Lipinski definition) is 0. The molecule has 0 aromatic rings. The number of rotatable bonds is 1. The molecule has 0 heteroatoms. The van der Waals surface area contributed by atoms with E-state index >= 15 is 0 Å². The van der Waals surface area contributed by atoms with E-state index in [1.54, 1.807) is 6.08 Å². The van der Waals surface area contributed by atoms with E-state index in [-0.39, 0.29) is 0 Å².